The van der Waals surface area contributed by atoms with Crippen LogP contribution in [-0.2, 0) is 4.74 Å². The topological polar surface area (TPSA) is 66.6 Å². The molecular weight excluding hydrogens is 196 g/mol. The number of rotatable bonds is 5. The highest BCUT2D eigenvalue weighted by Crippen LogP contribution is 2.22. The third kappa shape index (κ3) is 3.28. The van der Waals surface area contributed by atoms with Crippen LogP contribution in [0, 0.1) is 0 Å². The van der Waals surface area contributed by atoms with Gasteiger partial charge in [0.25, 0.3) is 0 Å². The first-order chi connectivity index (χ1) is 7.17. The first-order valence-electron chi connectivity index (χ1n) is 4.63. The molecule has 1 atom stereocenters. The molecule has 15 heavy (non-hydrogen) atoms. The Morgan fingerprint density at radius 1 is 1.40 bits per heavy atom. The lowest BCUT2D eigenvalue weighted by Gasteiger charge is -2.14. The third-order valence-electron chi connectivity index (χ3n) is 1.79. The van der Waals surface area contributed by atoms with Gasteiger partial charge in [-0.15, -0.1) is 0 Å². The van der Waals surface area contributed by atoms with Gasteiger partial charge in [-0.2, -0.15) is 4.98 Å². The Kier molecular flexibility index (Phi) is 4.17. The molecule has 0 spiro atoms. The van der Waals surface area contributed by atoms with Gasteiger partial charge >= 0.3 is 0 Å². The number of methoxy groups -OCH3 is 2. The molecule has 1 unspecified atom stereocenters. The fraction of sp³-hybridized carbons (Fsp3) is 0.500. The molecule has 5 nitrogen and oxygen atoms in total. The summed E-state index contributed by atoms with van der Waals surface area (Å²) < 4.78 is 15.4. The number of nitrogens with zero attached hydrogens (tertiary/aromatic N) is 1. The van der Waals surface area contributed by atoms with Gasteiger partial charge in [-0.1, -0.05) is 0 Å². The fourth-order valence-corrected chi connectivity index (χ4v) is 1.10. The van der Waals surface area contributed by atoms with Crippen LogP contribution in [0.1, 0.15) is 6.92 Å². The zero-order valence-electron chi connectivity index (χ0n) is 9.19. The summed E-state index contributed by atoms with van der Waals surface area (Å²) in [5, 5.41) is 0. The maximum atomic E-state index is 5.70. The molecule has 0 radical (unpaired) electrons. The van der Waals surface area contributed by atoms with Crippen molar-refractivity contribution in [2.45, 2.75) is 13.0 Å². The van der Waals surface area contributed by atoms with Gasteiger partial charge < -0.3 is 19.9 Å². The van der Waals surface area contributed by atoms with E-state index in [1.165, 1.54) is 0 Å². The van der Waals surface area contributed by atoms with Crippen LogP contribution < -0.4 is 15.2 Å². The molecule has 0 amide bonds. The minimum atomic E-state index is -0.100. The van der Waals surface area contributed by atoms with E-state index in [0.717, 1.165) is 0 Å². The Balaban J connectivity index is 2.74. The molecule has 5 heteroatoms. The lowest BCUT2D eigenvalue weighted by atomic mass is 10.4. The Morgan fingerprint density at radius 2 is 2.13 bits per heavy atom. The summed E-state index contributed by atoms with van der Waals surface area (Å²) in [5.74, 6) is 0.850. The highest BCUT2D eigenvalue weighted by atomic mass is 16.5. The summed E-state index contributed by atoms with van der Waals surface area (Å²) in [7, 11) is 3.16. The quantitative estimate of drug-likeness (QED) is 0.791. The van der Waals surface area contributed by atoms with Crippen molar-refractivity contribution in [3.63, 3.8) is 0 Å². The van der Waals surface area contributed by atoms with Crippen molar-refractivity contribution in [2.75, 3.05) is 26.6 Å². The summed E-state index contributed by atoms with van der Waals surface area (Å²) in [6, 6.07) is 3.38. The second kappa shape index (κ2) is 5.41. The molecule has 0 bridgehead atoms. The second-order valence-corrected chi connectivity index (χ2v) is 3.13. The summed E-state index contributed by atoms with van der Waals surface area (Å²) in [6.07, 6.45) is -0.100. The number of nitrogens with two attached hydrogens (primary N) is 1. The molecule has 0 aliphatic carbocycles. The van der Waals surface area contributed by atoms with E-state index in [2.05, 4.69) is 4.98 Å². The minimum absolute atomic E-state index is 0.100. The van der Waals surface area contributed by atoms with Gasteiger partial charge in [0.2, 0.25) is 11.8 Å². The summed E-state index contributed by atoms with van der Waals surface area (Å²) >= 11 is 0. The van der Waals surface area contributed by atoms with Crippen LogP contribution in [0.4, 0.5) is 5.69 Å². The molecule has 1 rings (SSSR count). The number of hydrogen-bond acceptors (Lipinski definition) is 5. The molecule has 1 heterocycles. The van der Waals surface area contributed by atoms with Gasteiger partial charge in [0.15, 0.2) is 0 Å². The van der Waals surface area contributed by atoms with Gasteiger partial charge in [-0.25, -0.2) is 0 Å². The van der Waals surface area contributed by atoms with Gasteiger partial charge in [-0.05, 0) is 13.0 Å². The highest BCUT2D eigenvalue weighted by molar-refractivity contribution is 5.49. The molecule has 0 aliphatic heterocycles. The molecule has 0 saturated carbocycles. The molecule has 0 aromatic carbocycles. The van der Waals surface area contributed by atoms with Crippen LogP contribution in [0.15, 0.2) is 12.1 Å². The molecule has 1 aromatic heterocycles. The monoisotopic (exact) mass is 212 g/mol. The zero-order chi connectivity index (χ0) is 11.3. The molecule has 0 aliphatic rings. The van der Waals surface area contributed by atoms with E-state index < -0.39 is 0 Å². The predicted molar refractivity (Wildman–Crippen MR) is 57.2 cm³/mol. The van der Waals surface area contributed by atoms with E-state index in [0.29, 0.717) is 24.1 Å². The number of aromatic nitrogens is 1. The highest BCUT2D eigenvalue weighted by Gasteiger charge is 2.09. The van der Waals surface area contributed by atoms with Crippen LogP contribution >= 0.6 is 0 Å². The predicted octanol–water partition coefficient (Wildman–Crippen LogP) is 1.09. The number of hydrogen-bond donors (Lipinski definition) is 1. The number of nitrogen functional groups attached to an aromatic ring is 1. The Bertz CT molecular complexity index is 318. The molecule has 2 N–H and O–H groups in total. The van der Waals surface area contributed by atoms with Crippen LogP contribution in [-0.4, -0.2) is 31.9 Å². The summed E-state index contributed by atoms with van der Waals surface area (Å²) in [6.45, 7) is 2.36. The molecule has 0 saturated heterocycles. The summed E-state index contributed by atoms with van der Waals surface area (Å²) in [5.41, 5.74) is 6.19. The average molecular weight is 212 g/mol. The lowest BCUT2D eigenvalue weighted by Crippen LogP contribution is -2.19. The molecule has 84 valence electrons. The van der Waals surface area contributed by atoms with Crippen LogP contribution in [0.25, 0.3) is 0 Å². The Morgan fingerprint density at radius 3 is 2.73 bits per heavy atom. The van der Waals surface area contributed by atoms with E-state index in [1.54, 1.807) is 26.4 Å². The lowest BCUT2D eigenvalue weighted by molar-refractivity contribution is 0.0891. The van der Waals surface area contributed by atoms with Crippen molar-refractivity contribution in [2.24, 2.45) is 0 Å². The smallest absolute Gasteiger partial charge is 0.240 e. The average Bonchev–Trinajstić information content (AvgIpc) is 2.21. The van der Waals surface area contributed by atoms with Crippen LogP contribution in [0.5, 0.6) is 11.8 Å². The summed E-state index contributed by atoms with van der Waals surface area (Å²) in [4.78, 5) is 4.09. The van der Waals surface area contributed by atoms with Crippen molar-refractivity contribution in [1.82, 2.24) is 4.98 Å². The maximum absolute atomic E-state index is 5.70. The van der Waals surface area contributed by atoms with Crippen molar-refractivity contribution < 1.29 is 14.2 Å². The minimum Gasteiger partial charge on any atom is -0.481 e. The van der Waals surface area contributed by atoms with Crippen LogP contribution in [0.3, 0.4) is 0 Å². The standard InChI is InChI=1S/C10H16N2O3/c1-7(6-13-2)15-10-8(11)4-5-9(12-10)14-3/h4-5,7H,6,11H2,1-3H3. The fourth-order valence-electron chi connectivity index (χ4n) is 1.10. The van der Waals surface area contributed by atoms with E-state index in [-0.39, 0.29) is 6.10 Å². The first-order valence-corrected chi connectivity index (χ1v) is 4.63. The number of ether oxygens (including phenoxy) is 3. The first kappa shape index (κ1) is 11.6. The van der Waals surface area contributed by atoms with E-state index >= 15 is 0 Å². The largest absolute Gasteiger partial charge is 0.481 e. The van der Waals surface area contributed by atoms with Crippen LogP contribution in [0.2, 0.25) is 0 Å². The Labute approximate surface area is 89.2 Å². The zero-order valence-corrected chi connectivity index (χ0v) is 9.19. The molecule has 0 fully saturated rings. The Hall–Kier alpha value is -1.49. The number of pyridine rings is 1. The molecule has 1 aromatic rings. The molecular formula is C10H16N2O3. The van der Waals surface area contributed by atoms with E-state index in [1.807, 2.05) is 6.92 Å². The van der Waals surface area contributed by atoms with Gasteiger partial charge in [0, 0.05) is 13.2 Å². The van der Waals surface area contributed by atoms with E-state index in [4.69, 9.17) is 19.9 Å². The number of anilines is 1. The van der Waals surface area contributed by atoms with Crippen molar-refractivity contribution in [1.29, 1.82) is 0 Å². The van der Waals surface area contributed by atoms with Gasteiger partial charge in [0.05, 0.1) is 19.4 Å². The third-order valence-corrected chi connectivity index (χ3v) is 1.79. The van der Waals surface area contributed by atoms with Crippen molar-refractivity contribution in [3.05, 3.63) is 12.1 Å². The second-order valence-electron chi connectivity index (χ2n) is 3.13. The van der Waals surface area contributed by atoms with Crippen molar-refractivity contribution in [3.8, 4) is 11.8 Å². The SMILES string of the molecule is COCC(C)Oc1nc(OC)ccc1N. The van der Waals surface area contributed by atoms with Gasteiger partial charge in [-0.3, -0.25) is 0 Å². The van der Waals surface area contributed by atoms with Gasteiger partial charge in [0.1, 0.15) is 6.10 Å². The van der Waals surface area contributed by atoms with E-state index in [9.17, 15) is 0 Å². The maximum Gasteiger partial charge on any atom is 0.240 e. The van der Waals surface area contributed by atoms with Crippen molar-refractivity contribution >= 4 is 5.69 Å². The normalized spacial score (nSPS) is 12.2.